The summed E-state index contributed by atoms with van der Waals surface area (Å²) >= 11 is 0. The maximum absolute atomic E-state index is 11.4. The maximum atomic E-state index is 11.4. The van der Waals surface area contributed by atoms with Crippen LogP contribution >= 0.6 is 0 Å². The predicted molar refractivity (Wildman–Crippen MR) is 51.8 cm³/mol. The molecule has 4 heteroatoms. The predicted octanol–water partition coefficient (Wildman–Crippen LogP) is -0.0717. The van der Waals surface area contributed by atoms with Gasteiger partial charge in [-0.1, -0.05) is 0 Å². The molecule has 1 heterocycles. The standard InChI is InChI=1S/C10H16N2O2/c1-7-10(14)11-4-5-12(7)8-2-3-9(13)6-8/h7-8H,2-6H2,1H3,(H,11,14). The van der Waals surface area contributed by atoms with Crippen LogP contribution in [0.4, 0.5) is 0 Å². The summed E-state index contributed by atoms with van der Waals surface area (Å²) in [5, 5.41) is 2.83. The summed E-state index contributed by atoms with van der Waals surface area (Å²) in [5.41, 5.74) is 0. The van der Waals surface area contributed by atoms with Crippen LogP contribution in [-0.2, 0) is 9.59 Å². The summed E-state index contributed by atoms with van der Waals surface area (Å²) in [7, 11) is 0. The number of amides is 1. The van der Waals surface area contributed by atoms with Crippen molar-refractivity contribution in [3.8, 4) is 0 Å². The van der Waals surface area contributed by atoms with Gasteiger partial charge in [-0.15, -0.1) is 0 Å². The summed E-state index contributed by atoms with van der Waals surface area (Å²) in [6.45, 7) is 3.51. The second kappa shape index (κ2) is 3.69. The average molecular weight is 196 g/mol. The lowest BCUT2D eigenvalue weighted by Crippen LogP contribution is -2.56. The van der Waals surface area contributed by atoms with Crippen LogP contribution in [0.15, 0.2) is 0 Å². The van der Waals surface area contributed by atoms with Crippen molar-refractivity contribution in [1.29, 1.82) is 0 Å². The highest BCUT2D eigenvalue weighted by Gasteiger charge is 2.34. The molecule has 14 heavy (non-hydrogen) atoms. The summed E-state index contributed by atoms with van der Waals surface area (Å²) < 4.78 is 0. The fraction of sp³-hybridized carbons (Fsp3) is 0.800. The zero-order chi connectivity index (χ0) is 10.1. The Morgan fingerprint density at radius 3 is 2.86 bits per heavy atom. The number of rotatable bonds is 1. The molecule has 1 saturated heterocycles. The molecular weight excluding hydrogens is 180 g/mol. The third-order valence-corrected chi connectivity index (χ3v) is 3.23. The van der Waals surface area contributed by atoms with Gasteiger partial charge in [-0.25, -0.2) is 0 Å². The van der Waals surface area contributed by atoms with Crippen molar-refractivity contribution in [3.63, 3.8) is 0 Å². The number of hydrogen-bond donors (Lipinski definition) is 1. The van der Waals surface area contributed by atoms with E-state index in [0.29, 0.717) is 31.2 Å². The number of Topliss-reactive ketones (excluding diaryl/α,β-unsaturated/α-hetero) is 1. The topological polar surface area (TPSA) is 49.4 Å². The monoisotopic (exact) mass is 196 g/mol. The minimum atomic E-state index is -0.0698. The SMILES string of the molecule is CC1C(=O)NCCN1C1CCC(=O)C1. The first kappa shape index (κ1) is 9.65. The minimum absolute atomic E-state index is 0.0698. The Bertz CT molecular complexity index is 265. The highest BCUT2D eigenvalue weighted by atomic mass is 16.2. The Hall–Kier alpha value is -0.900. The Morgan fingerprint density at radius 1 is 1.43 bits per heavy atom. The zero-order valence-corrected chi connectivity index (χ0v) is 8.45. The Balaban J connectivity index is 2.02. The Kier molecular flexibility index (Phi) is 2.54. The lowest BCUT2D eigenvalue weighted by molar-refractivity contribution is -0.130. The number of carbonyl (C=O) groups is 2. The van der Waals surface area contributed by atoms with Crippen molar-refractivity contribution < 1.29 is 9.59 Å². The van der Waals surface area contributed by atoms with Gasteiger partial charge >= 0.3 is 0 Å². The Labute approximate surface area is 83.6 Å². The maximum Gasteiger partial charge on any atom is 0.237 e. The van der Waals surface area contributed by atoms with E-state index in [-0.39, 0.29) is 11.9 Å². The van der Waals surface area contributed by atoms with Gasteiger partial charge in [0.25, 0.3) is 0 Å². The molecule has 1 aliphatic heterocycles. The van der Waals surface area contributed by atoms with Gasteiger partial charge in [-0.3, -0.25) is 14.5 Å². The van der Waals surface area contributed by atoms with E-state index >= 15 is 0 Å². The molecule has 1 aliphatic carbocycles. The number of nitrogens with one attached hydrogen (secondary N) is 1. The van der Waals surface area contributed by atoms with Crippen LogP contribution in [0.5, 0.6) is 0 Å². The largest absolute Gasteiger partial charge is 0.353 e. The van der Waals surface area contributed by atoms with Crippen molar-refractivity contribution in [1.82, 2.24) is 10.2 Å². The van der Waals surface area contributed by atoms with Crippen LogP contribution in [0, 0.1) is 0 Å². The van der Waals surface area contributed by atoms with Gasteiger partial charge in [0.05, 0.1) is 6.04 Å². The lowest BCUT2D eigenvalue weighted by Gasteiger charge is -2.36. The summed E-state index contributed by atoms with van der Waals surface area (Å²) in [6, 6.07) is 0.239. The van der Waals surface area contributed by atoms with E-state index in [4.69, 9.17) is 0 Å². The molecule has 0 bridgehead atoms. The fourth-order valence-corrected chi connectivity index (χ4v) is 2.38. The quantitative estimate of drug-likeness (QED) is 0.638. The molecule has 2 unspecified atom stereocenters. The molecule has 78 valence electrons. The van der Waals surface area contributed by atoms with Gasteiger partial charge in [0.1, 0.15) is 5.78 Å². The first-order valence-electron chi connectivity index (χ1n) is 5.23. The van der Waals surface area contributed by atoms with Gasteiger partial charge in [-0.05, 0) is 13.3 Å². The number of carbonyl (C=O) groups excluding carboxylic acids is 2. The molecule has 4 nitrogen and oxygen atoms in total. The van der Waals surface area contributed by atoms with E-state index in [1.54, 1.807) is 0 Å². The van der Waals surface area contributed by atoms with Crippen molar-refractivity contribution in [2.24, 2.45) is 0 Å². The van der Waals surface area contributed by atoms with Crippen LogP contribution in [0.2, 0.25) is 0 Å². The first-order chi connectivity index (χ1) is 6.68. The van der Waals surface area contributed by atoms with Gasteiger partial charge in [0.15, 0.2) is 0 Å². The molecule has 1 saturated carbocycles. The third kappa shape index (κ3) is 1.66. The van der Waals surface area contributed by atoms with Gasteiger partial charge in [0, 0.05) is 32.0 Å². The summed E-state index contributed by atoms with van der Waals surface area (Å²) in [5.74, 6) is 0.434. The molecule has 0 spiro atoms. The first-order valence-corrected chi connectivity index (χ1v) is 5.23. The number of piperazine rings is 1. The van der Waals surface area contributed by atoms with Crippen LogP contribution in [0.25, 0.3) is 0 Å². The highest BCUT2D eigenvalue weighted by molar-refractivity contribution is 5.83. The summed E-state index contributed by atoms with van der Waals surface area (Å²) in [6.07, 6.45) is 2.25. The van der Waals surface area contributed by atoms with E-state index in [2.05, 4.69) is 10.2 Å². The molecule has 0 aromatic rings. The molecule has 0 aromatic heterocycles. The van der Waals surface area contributed by atoms with Gasteiger partial charge in [-0.2, -0.15) is 0 Å². The molecule has 0 aromatic carbocycles. The third-order valence-electron chi connectivity index (χ3n) is 3.23. The van der Waals surface area contributed by atoms with E-state index < -0.39 is 0 Å². The molecule has 2 aliphatic rings. The summed E-state index contributed by atoms with van der Waals surface area (Å²) in [4.78, 5) is 24.7. The second-order valence-electron chi connectivity index (χ2n) is 4.14. The molecule has 1 N–H and O–H groups in total. The second-order valence-corrected chi connectivity index (χ2v) is 4.14. The van der Waals surface area contributed by atoms with E-state index in [0.717, 1.165) is 13.0 Å². The zero-order valence-electron chi connectivity index (χ0n) is 8.45. The molecule has 2 rings (SSSR count). The smallest absolute Gasteiger partial charge is 0.237 e. The van der Waals surface area contributed by atoms with Gasteiger partial charge in [0.2, 0.25) is 5.91 Å². The minimum Gasteiger partial charge on any atom is -0.353 e. The van der Waals surface area contributed by atoms with E-state index in [1.807, 2.05) is 6.92 Å². The van der Waals surface area contributed by atoms with Crippen LogP contribution in [-0.4, -0.2) is 41.8 Å². The highest BCUT2D eigenvalue weighted by Crippen LogP contribution is 2.23. The van der Waals surface area contributed by atoms with E-state index in [1.165, 1.54) is 0 Å². The van der Waals surface area contributed by atoms with Crippen LogP contribution in [0.3, 0.4) is 0 Å². The van der Waals surface area contributed by atoms with Crippen LogP contribution in [0.1, 0.15) is 26.2 Å². The molecule has 2 fully saturated rings. The van der Waals surface area contributed by atoms with Crippen molar-refractivity contribution in [2.75, 3.05) is 13.1 Å². The van der Waals surface area contributed by atoms with Crippen LogP contribution < -0.4 is 5.32 Å². The van der Waals surface area contributed by atoms with Crippen molar-refractivity contribution in [2.45, 2.75) is 38.3 Å². The van der Waals surface area contributed by atoms with Gasteiger partial charge < -0.3 is 5.32 Å². The molecule has 0 radical (unpaired) electrons. The van der Waals surface area contributed by atoms with E-state index in [9.17, 15) is 9.59 Å². The van der Waals surface area contributed by atoms with Crippen molar-refractivity contribution >= 4 is 11.7 Å². The fourth-order valence-electron chi connectivity index (χ4n) is 2.38. The molecular formula is C10H16N2O2. The molecule has 2 atom stereocenters. The normalized spacial score (nSPS) is 34.6. The number of hydrogen-bond acceptors (Lipinski definition) is 3. The number of ketones is 1. The average Bonchev–Trinajstić information content (AvgIpc) is 2.57. The lowest BCUT2D eigenvalue weighted by atomic mass is 10.1. The molecule has 1 amide bonds. The van der Waals surface area contributed by atoms with Crippen molar-refractivity contribution in [3.05, 3.63) is 0 Å². The Morgan fingerprint density at radius 2 is 2.21 bits per heavy atom. The number of nitrogens with zero attached hydrogens (tertiary/aromatic N) is 1.